The minimum Gasteiger partial charge on any atom is -0.453 e. The number of halogens is 1. The standard InChI is InChI=1S/C17H13FO2/c1-10-3-4-15-12(5-10)9-16(20-15)17(19)13-6-11(2)7-14(18)8-13/h3-9H,1-2H3. The second-order valence-electron chi connectivity index (χ2n) is 5.00. The summed E-state index contributed by atoms with van der Waals surface area (Å²) in [6.07, 6.45) is 0. The number of hydrogen-bond donors (Lipinski definition) is 0. The van der Waals surface area contributed by atoms with E-state index in [-0.39, 0.29) is 11.5 Å². The largest absolute Gasteiger partial charge is 0.453 e. The Morgan fingerprint density at radius 3 is 2.55 bits per heavy atom. The topological polar surface area (TPSA) is 30.2 Å². The van der Waals surface area contributed by atoms with Crippen molar-refractivity contribution >= 4 is 16.8 Å². The molecule has 0 saturated carbocycles. The molecule has 0 N–H and O–H groups in total. The van der Waals surface area contributed by atoms with Crippen LogP contribution in [0.3, 0.4) is 0 Å². The summed E-state index contributed by atoms with van der Waals surface area (Å²) in [5, 5.41) is 0.876. The number of rotatable bonds is 2. The number of fused-ring (bicyclic) bond motifs is 1. The van der Waals surface area contributed by atoms with Gasteiger partial charge >= 0.3 is 0 Å². The van der Waals surface area contributed by atoms with Crippen LogP contribution in [0.1, 0.15) is 27.2 Å². The molecule has 0 aliphatic heterocycles. The average Bonchev–Trinajstić information content (AvgIpc) is 2.79. The zero-order chi connectivity index (χ0) is 14.3. The van der Waals surface area contributed by atoms with Gasteiger partial charge in [-0.1, -0.05) is 11.6 Å². The fourth-order valence-corrected chi connectivity index (χ4v) is 2.28. The molecule has 1 heterocycles. The Kier molecular flexibility index (Phi) is 2.90. The van der Waals surface area contributed by atoms with Crippen molar-refractivity contribution in [3.63, 3.8) is 0 Å². The van der Waals surface area contributed by atoms with E-state index in [0.29, 0.717) is 16.7 Å². The highest BCUT2D eigenvalue weighted by Gasteiger charge is 2.15. The summed E-state index contributed by atoms with van der Waals surface area (Å²) in [5.41, 5.74) is 2.77. The summed E-state index contributed by atoms with van der Waals surface area (Å²) in [6.45, 7) is 3.73. The lowest BCUT2D eigenvalue weighted by molar-refractivity contribution is 0.101. The molecule has 0 bridgehead atoms. The Morgan fingerprint density at radius 2 is 1.80 bits per heavy atom. The minimum absolute atomic E-state index is 0.232. The van der Waals surface area contributed by atoms with E-state index in [1.807, 2.05) is 25.1 Å². The van der Waals surface area contributed by atoms with Gasteiger partial charge in [0.25, 0.3) is 0 Å². The maximum atomic E-state index is 13.4. The smallest absolute Gasteiger partial charge is 0.228 e. The first-order chi connectivity index (χ1) is 9.52. The molecule has 3 heteroatoms. The van der Waals surface area contributed by atoms with Gasteiger partial charge in [-0.3, -0.25) is 4.79 Å². The molecule has 0 atom stereocenters. The number of benzene rings is 2. The van der Waals surface area contributed by atoms with Crippen LogP contribution in [0.5, 0.6) is 0 Å². The number of hydrogen-bond acceptors (Lipinski definition) is 2. The Bertz CT molecular complexity index is 795. The van der Waals surface area contributed by atoms with Gasteiger partial charge in [0.2, 0.25) is 5.78 Å². The van der Waals surface area contributed by atoms with Crippen LogP contribution in [-0.2, 0) is 0 Å². The number of aryl methyl sites for hydroxylation is 2. The van der Waals surface area contributed by atoms with Crippen molar-refractivity contribution in [2.45, 2.75) is 13.8 Å². The molecule has 0 aliphatic carbocycles. The molecule has 0 amide bonds. The molecule has 3 rings (SSSR count). The van der Waals surface area contributed by atoms with Crippen LogP contribution >= 0.6 is 0 Å². The zero-order valence-corrected chi connectivity index (χ0v) is 11.2. The fraction of sp³-hybridized carbons (Fsp3) is 0.118. The van der Waals surface area contributed by atoms with Crippen LogP contribution in [0, 0.1) is 19.7 Å². The lowest BCUT2D eigenvalue weighted by atomic mass is 10.1. The van der Waals surface area contributed by atoms with Gasteiger partial charge in [-0.25, -0.2) is 4.39 Å². The quantitative estimate of drug-likeness (QED) is 0.644. The van der Waals surface area contributed by atoms with E-state index in [2.05, 4.69) is 0 Å². The number of ketones is 1. The first-order valence-corrected chi connectivity index (χ1v) is 6.35. The monoisotopic (exact) mass is 268 g/mol. The Hall–Kier alpha value is -2.42. The van der Waals surface area contributed by atoms with Crippen molar-refractivity contribution in [2.75, 3.05) is 0 Å². The summed E-state index contributed by atoms with van der Waals surface area (Å²) < 4.78 is 18.9. The highest BCUT2D eigenvalue weighted by Crippen LogP contribution is 2.23. The summed E-state index contributed by atoms with van der Waals surface area (Å²) >= 11 is 0. The summed E-state index contributed by atoms with van der Waals surface area (Å²) in [5.74, 6) is -0.489. The lowest BCUT2D eigenvalue weighted by Gasteiger charge is -2.00. The third kappa shape index (κ3) is 2.23. The van der Waals surface area contributed by atoms with Crippen LogP contribution in [0.2, 0.25) is 0 Å². The van der Waals surface area contributed by atoms with Crippen molar-refractivity contribution in [3.05, 3.63) is 70.7 Å². The highest BCUT2D eigenvalue weighted by molar-refractivity contribution is 6.09. The van der Waals surface area contributed by atoms with Gasteiger partial charge in [-0.2, -0.15) is 0 Å². The molecule has 0 fully saturated rings. The molecular weight excluding hydrogens is 255 g/mol. The molecule has 100 valence electrons. The molecule has 0 aliphatic rings. The third-order valence-corrected chi connectivity index (χ3v) is 3.20. The van der Waals surface area contributed by atoms with E-state index < -0.39 is 5.82 Å². The number of furan rings is 1. The van der Waals surface area contributed by atoms with Crippen molar-refractivity contribution in [1.82, 2.24) is 0 Å². The van der Waals surface area contributed by atoms with Gasteiger partial charge in [0.1, 0.15) is 11.4 Å². The fourth-order valence-electron chi connectivity index (χ4n) is 2.28. The predicted molar refractivity (Wildman–Crippen MR) is 75.5 cm³/mol. The van der Waals surface area contributed by atoms with Crippen molar-refractivity contribution in [3.8, 4) is 0 Å². The molecule has 0 unspecified atom stereocenters. The van der Waals surface area contributed by atoms with Gasteiger partial charge < -0.3 is 4.42 Å². The maximum Gasteiger partial charge on any atom is 0.228 e. The second-order valence-corrected chi connectivity index (χ2v) is 5.00. The van der Waals surface area contributed by atoms with Crippen molar-refractivity contribution in [2.24, 2.45) is 0 Å². The van der Waals surface area contributed by atoms with E-state index >= 15 is 0 Å². The second kappa shape index (κ2) is 4.60. The minimum atomic E-state index is -0.416. The Morgan fingerprint density at radius 1 is 1.00 bits per heavy atom. The van der Waals surface area contributed by atoms with Crippen LogP contribution in [-0.4, -0.2) is 5.78 Å². The molecule has 0 radical (unpaired) electrons. The predicted octanol–water partition coefficient (Wildman–Crippen LogP) is 4.42. The van der Waals surface area contributed by atoms with Gasteiger partial charge in [0, 0.05) is 10.9 Å². The van der Waals surface area contributed by atoms with Crippen LogP contribution in [0.4, 0.5) is 4.39 Å². The molecule has 2 aromatic carbocycles. The SMILES string of the molecule is Cc1cc(F)cc(C(=O)c2cc3cc(C)ccc3o2)c1. The van der Waals surface area contributed by atoms with Gasteiger partial charge in [-0.05, 0) is 55.8 Å². The molecule has 2 nitrogen and oxygen atoms in total. The first-order valence-electron chi connectivity index (χ1n) is 6.35. The van der Waals surface area contributed by atoms with E-state index in [1.165, 1.54) is 12.1 Å². The molecule has 0 saturated heterocycles. The zero-order valence-electron chi connectivity index (χ0n) is 11.2. The molecular formula is C17H13FO2. The van der Waals surface area contributed by atoms with Crippen LogP contribution < -0.4 is 0 Å². The van der Waals surface area contributed by atoms with Gasteiger partial charge in [0.05, 0.1) is 0 Å². The molecule has 3 aromatic rings. The van der Waals surface area contributed by atoms with E-state index in [4.69, 9.17) is 4.42 Å². The Labute approximate surface area is 115 Å². The first kappa shape index (κ1) is 12.6. The highest BCUT2D eigenvalue weighted by atomic mass is 19.1. The molecule has 1 aromatic heterocycles. The molecule has 0 spiro atoms. The summed E-state index contributed by atoms with van der Waals surface area (Å²) in [6, 6.07) is 11.7. The number of carbonyl (C=O) groups excluding carboxylic acids is 1. The van der Waals surface area contributed by atoms with Crippen molar-refractivity contribution < 1.29 is 13.6 Å². The summed E-state index contributed by atoms with van der Waals surface area (Å²) in [4.78, 5) is 12.3. The summed E-state index contributed by atoms with van der Waals surface area (Å²) in [7, 11) is 0. The molecule has 20 heavy (non-hydrogen) atoms. The van der Waals surface area contributed by atoms with E-state index in [1.54, 1.807) is 19.1 Å². The maximum absolute atomic E-state index is 13.4. The van der Waals surface area contributed by atoms with Gasteiger partial charge in [0.15, 0.2) is 5.76 Å². The average molecular weight is 268 g/mol. The number of carbonyl (C=O) groups is 1. The van der Waals surface area contributed by atoms with Crippen LogP contribution in [0.25, 0.3) is 11.0 Å². The Balaban J connectivity index is 2.07. The third-order valence-electron chi connectivity index (χ3n) is 3.20. The van der Waals surface area contributed by atoms with Crippen molar-refractivity contribution in [1.29, 1.82) is 0 Å². The normalized spacial score (nSPS) is 10.9. The lowest BCUT2D eigenvalue weighted by Crippen LogP contribution is -2.00. The van der Waals surface area contributed by atoms with E-state index in [9.17, 15) is 9.18 Å². The van der Waals surface area contributed by atoms with Gasteiger partial charge in [-0.15, -0.1) is 0 Å². The van der Waals surface area contributed by atoms with E-state index in [0.717, 1.165) is 10.9 Å². The van der Waals surface area contributed by atoms with Crippen LogP contribution in [0.15, 0.2) is 46.9 Å².